The summed E-state index contributed by atoms with van der Waals surface area (Å²) in [5.74, 6) is -0.224. The molecule has 1 aliphatic carbocycles. The predicted molar refractivity (Wildman–Crippen MR) is 84.6 cm³/mol. The van der Waals surface area contributed by atoms with Crippen LogP contribution in [0.3, 0.4) is 0 Å². The Morgan fingerprint density at radius 3 is 2.52 bits per heavy atom. The van der Waals surface area contributed by atoms with Crippen LogP contribution in [0.25, 0.3) is 21.9 Å². The molecule has 0 spiro atoms. The summed E-state index contributed by atoms with van der Waals surface area (Å²) < 4.78 is 14.0. The normalized spacial score (nSPS) is 13.0. The molecule has 0 radical (unpaired) electrons. The molecule has 1 nitrogen and oxygen atoms in total. The Hall–Kier alpha value is -2.19. The van der Waals surface area contributed by atoms with Gasteiger partial charge in [0.05, 0.1) is 0 Å². The number of rotatable bonds is 2. The van der Waals surface area contributed by atoms with E-state index < -0.39 is 0 Å². The van der Waals surface area contributed by atoms with Crippen LogP contribution in [0.15, 0.2) is 48.5 Å². The lowest BCUT2D eigenvalue weighted by atomic mass is 9.94. The third-order valence-corrected chi connectivity index (χ3v) is 4.46. The molecule has 0 bridgehead atoms. The van der Waals surface area contributed by atoms with Crippen molar-refractivity contribution in [1.29, 1.82) is 0 Å². The van der Waals surface area contributed by atoms with Crippen LogP contribution >= 0.6 is 0 Å². The highest BCUT2D eigenvalue weighted by atomic mass is 19.1. The van der Waals surface area contributed by atoms with Gasteiger partial charge in [-0.2, -0.15) is 0 Å². The predicted octanol–water partition coefficient (Wildman–Crippen LogP) is 4.20. The molecule has 1 aliphatic rings. The van der Waals surface area contributed by atoms with Crippen molar-refractivity contribution in [2.75, 3.05) is 0 Å². The van der Waals surface area contributed by atoms with Gasteiger partial charge in [-0.25, -0.2) is 4.39 Å². The van der Waals surface area contributed by atoms with Gasteiger partial charge in [-0.3, -0.25) is 0 Å². The quantitative estimate of drug-likeness (QED) is 0.746. The van der Waals surface area contributed by atoms with E-state index in [9.17, 15) is 4.39 Å². The second kappa shape index (κ2) is 4.68. The summed E-state index contributed by atoms with van der Waals surface area (Å²) in [7, 11) is 0. The van der Waals surface area contributed by atoms with Crippen molar-refractivity contribution in [3.8, 4) is 11.1 Å². The summed E-state index contributed by atoms with van der Waals surface area (Å²) in [4.78, 5) is 0. The fourth-order valence-corrected chi connectivity index (χ4v) is 3.38. The van der Waals surface area contributed by atoms with Crippen LogP contribution < -0.4 is 5.73 Å². The lowest BCUT2D eigenvalue weighted by Gasteiger charge is -2.10. The molecule has 0 aromatic heterocycles. The molecule has 4 rings (SSSR count). The van der Waals surface area contributed by atoms with Gasteiger partial charge in [-0.1, -0.05) is 42.5 Å². The molecule has 104 valence electrons. The summed E-state index contributed by atoms with van der Waals surface area (Å²) in [5.41, 5.74) is 10.9. The second-order valence-corrected chi connectivity index (χ2v) is 5.62. The molecule has 0 amide bonds. The molecule has 0 unspecified atom stereocenters. The molecule has 3 aromatic rings. The van der Waals surface area contributed by atoms with Crippen molar-refractivity contribution in [3.05, 3.63) is 71.0 Å². The Balaban J connectivity index is 1.98. The molecule has 21 heavy (non-hydrogen) atoms. The zero-order chi connectivity index (χ0) is 14.4. The number of nitrogens with two attached hydrogens (primary N) is 1. The van der Waals surface area contributed by atoms with Crippen molar-refractivity contribution in [2.45, 2.75) is 19.4 Å². The first-order valence-electron chi connectivity index (χ1n) is 7.30. The van der Waals surface area contributed by atoms with E-state index in [1.807, 2.05) is 6.07 Å². The lowest BCUT2D eigenvalue weighted by Crippen LogP contribution is -1.99. The molecule has 0 heterocycles. The van der Waals surface area contributed by atoms with Crippen LogP contribution in [0.1, 0.15) is 16.7 Å². The average molecular weight is 277 g/mol. The van der Waals surface area contributed by atoms with Gasteiger partial charge in [0.1, 0.15) is 5.82 Å². The van der Waals surface area contributed by atoms with Gasteiger partial charge in [-0.15, -0.1) is 0 Å². The first-order valence-corrected chi connectivity index (χ1v) is 7.30. The summed E-state index contributed by atoms with van der Waals surface area (Å²) >= 11 is 0. The molecular weight excluding hydrogens is 261 g/mol. The van der Waals surface area contributed by atoms with Gasteiger partial charge in [0.2, 0.25) is 0 Å². The Morgan fingerprint density at radius 1 is 0.952 bits per heavy atom. The number of aryl methyl sites for hydroxylation is 2. The number of benzene rings is 3. The van der Waals surface area contributed by atoms with Gasteiger partial charge >= 0.3 is 0 Å². The molecule has 0 fully saturated rings. The van der Waals surface area contributed by atoms with Crippen molar-refractivity contribution < 1.29 is 4.39 Å². The van der Waals surface area contributed by atoms with Crippen LogP contribution in [-0.2, 0) is 19.4 Å². The van der Waals surface area contributed by atoms with Crippen molar-refractivity contribution in [3.63, 3.8) is 0 Å². The molecule has 0 saturated heterocycles. The molecule has 2 heteroatoms. The average Bonchev–Trinajstić information content (AvgIpc) is 2.93. The van der Waals surface area contributed by atoms with E-state index >= 15 is 0 Å². The minimum atomic E-state index is -0.224. The maximum atomic E-state index is 14.0. The first kappa shape index (κ1) is 12.5. The fourth-order valence-electron chi connectivity index (χ4n) is 3.38. The highest BCUT2D eigenvalue weighted by Crippen LogP contribution is 2.37. The third-order valence-electron chi connectivity index (χ3n) is 4.46. The van der Waals surface area contributed by atoms with Crippen molar-refractivity contribution >= 4 is 10.8 Å². The smallest absolute Gasteiger partial charge is 0.128 e. The summed E-state index contributed by atoms with van der Waals surface area (Å²) in [6, 6.07) is 16.1. The maximum absolute atomic E-state index is 14.0. The molecular formula is C19H16FN. The minimum absolute atomic E-state index is 0.224. The third kappa shape index (κ3) is 1.87. The van der Waals surface area contributed by atoms with E-state index in [1.54, 1.807) is 12.1 Å². The number of hydrogen-bond acceptors (Lipinski definition) is 1. The first-order chi connectivity index (χ1) is 10.3. The Bertz CT molecular complexity index is 841. The topological polar surface area (TPSA) is 26.0 Å². The second-order valence-electron chi connectivity index (χ2n) is 5.62. The zero-order valence-electron chi connectivity index (χ0n) is 11.7. The lowest BCUT2D eigenvalue weighted by molar-refractivity contribution is 0.611. The number of hydrogen-bond donors (Lipinski definition) is 1. The van der Waals surface area contributed by atoms with Crippen LogP contribution in [0.4, 0.5) is 4.39 Å². The molecule has 2 N–H and O–H groups in total. The Morgan fingerprint density at radius 2 is 1.76 bits per heavy atom. The molecule has 3 aromatic carbocycles. The van der Waals surface area contributed by atoms with Crippen molar-refractivity contribution in [1.82, 2.24) is 0 Å². The van der Waals surface area contributed by atoms with Gasteiger partial charge < -0.3 is 5.73 Å². The summed E-state index contributed by atoms with van der Waals surface area (Å²) in [5, 5.41) is 2.58. The van der Waals surface area contributed by atoms with Crippen LogP contribution in [0, 0.1) is 5.82 Å². The maximum Gasteiger partial charge on any atom is 0.128 e. The van der Waals surface area contributed by atoms with E-state index in [1.165, 1.54) is 21.9 Å². The van der Waals surface area contributed by atoms with Gasteiger partial charge in [0.15, 0.2) is 0 Å². The van der Waals surface area contributed by atoms with Gasteiger partial charge in [-0.05, 0) is 51.9 Å². The summed E-state index contributed by atoms with van der Waals surface area (Å²) in [6.07, 6.45) is 2.22. The standard InChI is InChI=1S/C19H16FN/c20-18-10-14(6-7-15(18)11-21)16-9-8-13-5-4-12-2-1-3-17(16)19(12)13/h1-3,6-10H,4-5,11,21H2. The van der Waals surface area contributed by atoms with E-state index in [0.717, 1.165) is 24.0 Å². The highest BCUT2D eigenvalue weighted by Gasteiger charge is 2.16. The number of halogens is 1. The van der Waals surface area contributed by atoms with Gasteiger partial charge in [0.25, 0.3) is 0 Å². The fraction of sp³-hybridized carbons (Fsp3) is 0.158. The van der Waals surface area contributed by atoms with Crippen molar-refractivity contribution in [2.24, 2.45) is 5.73 Å². The SMILES string of the molecule is NCc1ccc(-c2ccc3c4c(cccc24)CC3)cc1F. The molecule has 0 atom stereocenters. The van der Waals surface area contributed by atoms with Crippen LogP contribution in [0.2, 0.25) is 0 Å². The largest absolute Gasteiger partial charge is 0.326 e. The molecule has 0 aliphatic heterocycles. The Kier molecular flexibility index (Phi) is 2.79. The zero-order valence-corrected chi connectivity index (χ0v) is 11.7. The van der Waals surface area contributed by atoms with Crippen LogP contribution in [-0.4, -0.2) is 0 Å². The van der Waals surface area contributed by atoms with Gasteiger partial charge in [0, 0.05) is 12.1 Å². The van der Waals surface area contributed by atoms with E-state index in [2.05, 4.69) is 30.3 Å². The van der Waals surface area contributed by atoms with E-state index in [-0.39, 0.29) is 12.4 Å². The van der Waals surface area contributed by atoms with Crippen LogP contribution in [0.5, 0.6) is 0 Å². The monoisotopic (exact) mass is 277 g/mol. The minimum Gasteiger partial charge on any atom is -0.326 e. The highest BCUT2D eigenvalue weighted by molar-refractivity contribution is 6.01. The van der Waals surface area contributed by atoms with E-state index in [0.29, 0.717) is 5.56 Å². The summed E-state index contributed by atoms with van der Waals surface area (Å²) in [6.45, 7) is 0.232. The van der Waals surface area contributed by atoms with E-state index in [4.69, 9.17) is 5.73 Å². The Labute approximate surface area is 123 Å². The molecule has 0 saturated carbocycles.